The summed E-state index contributed by atoms with van der Waals surface area (Å²) in [5.74, 6) is 1.20. The van der Waals surface area contributed by atoms with Crippen molar-refractivity contribution in [1.29, 1.82) is 0 Å². The first-order valence-corrected chi connectivity index (χ1v) is 10.2. The molecule has 0 aliphatic heterocycles. The molecule has 0 heterocycles. The molecule has 2 N–H and O–H groups in total. The van der Waals surface area contributed by atoms with Crippen LogP contribution in [-0.4, -0.2) is 31.6 Å². The van der Waals surface area contributed by atoms with Gasteiger partial charge in [-0.3, -0.25) is 9.59 Å². The van der Waals surface area contributed by atoms with Crippen LogP contribution in [0.4, 0.5) is 5.69 Å². The van der Waals surface area contributed by atoms with Crippen LogP contribution in [0.25, 0.3) is 0 Å². The van der Waals surface area contributed by atoms with E-state index in [9.17, 15) is 9.59 Å². The van der Waals surface area contributed by atoms with Gasteiger partial charge < -0.3 is 20.1 Å². The molecule has 0 spiro atoms. The van der Waals surface area contributed by atoms with Gasteiger partial charge >= 0.3 is 0 Å². The maximum absolute atomic E-state index is 12.2. The molecule has 0 unspecified atom stereocenters. The molecule has 29 heavy (non-hydrogen) atoms. The van der Waals surface area contributed by atoms with Crippen molar-refractivity contribution in [3.05, 3.63) is 54.6 Å². The Labute approximate surface area is 171 Å². The Kier molecular flexibility index (Phi) is 7.92. The molecule has 6 heteroatoms. The summed E-state index contributed by atoms with van der Waals surface area (Å²) in [6.45, 7) is 0.512. The molecule has 6 nitrogen and oxygen atoms in total. The number of benzene rings is 2. The van der Waals surface area contributed by atoms with Crippen molar-refractivity contribution in [3.8, 4) is 11.5 Å². The largest absolute Gasteiger partial charge is 0.484 e. The molecule has 0 radical (unpaired) electrons. The Balaban J connectivity index is 1.44. The van der Waals surface area contributed by atoms with Gasteiger partial charge in [0.05, 0.1) is 5.69 Å². The zero-order valence-corrected chi connectivity index (χ0v) is 16.6. The van der Waals surface area contributed by atoms with E-state index in [2.05, 4.69) is 10.6 Å². The third-order valence-corrected chi connectivity index (χ3v) is 4.95. The van der Waals surface area contributed by atoms with E-state index in [0.29, 0.717) is 29.6 Å². The molecule has 2 aromatic rings. The van der Waals surface area contributed by atoms with Crippen molar-refractivity contribution in [2.45, 2.75) is 32.1 Å². The first kappa shape index (κ1) is 20.7. The summed E-state index contributed by atoms with van der Waals surface area (Å²) in [6.07, 6.45) is 6.16. The van der Waals surface area contributed by atoms with Gasteiger partial charge in [0.1, 0.15) is 11.5 Å². The molecule has 154 valence electrons. The first-order valence-electron chi connectivity index (χ1n) is 10.2. The minimum absolute atomic E-state index is 0.0832. The molecule has 2 amide bonds. The predicted octanol–water partition coefficient (Wildman–Crippen LogP) is 3.78. The standard InChI is InChI=1S/C23H28N2O4/c26-22(24-15-18-9-3-1-4-10-18)16-29-21-14-8-7-13-20(21)25-23(27)17-28-19-11-5-2-6-12-19/h2,5-8,11-14,18H,1,3-4,9-10,15-17H2,(H,24,26)(H,25,27). The Morgan fingerprint density at radius 2 is 1.52 bits per heavy atom. The summed E-state index contributed by atoms with van der Waals surface area (Å²) in [5.41, 5.74) is 0.509. The topological polar surface area (TPSA) is 76.7 Å². The van der Waals surface area contributed by atoms with E-state index in [-0.39, 0.29) is 25.0 Å². The summed E-state index contributed by atoms with van der Waals surface area (Å²) in [6, 6.07) is 16.2. The maximum atomic E-state index is 12.2. The second-order valence-corrected chi connectivity index (χ2v) is 7.24. The lowest BCUT2D eigenvalue weighted by molar-refractivity contribution is -0.123. The van der Waals surface area contributed by atoms with E-state index < -0.39 is 0 Å². The van der Waals surface area contributed by atoms with Crippen molar-refractivity contribution in [3.63, 3.8) is 0 Å². The third kappa shape index (κ3) is 7.14. The quantitative estimate of drug-likeness (QED) is 0.676. The summed E-state index contributed by atoms with van der Waals surface area (Å²) in [7, 11) is 0. The van der Waals surface area contributed by atoms with E-state index in [0.717, 1.165) is 0 Å². The lowest BCUT2D eigenvalue weighted by Gasteiger charge is -2.21. The van der Waals surface area contributed by atoms with E-state index in [1.54, 1.807) is 36.4 Å². The van der Waals surface area contributed by atoms with E-state index in [1.165, 1.54) is 32.1 Å². The Morgan fingerprint density at radius 1 is 0.828 bits per heavy atom. The second kappa shape index (κ2) is 11.1. The highest BCUT2D eigenvalue weighted by molar-refractivity contribution is 5.93. The van der Waals surface area contributed by atoms with Crippen LogP contribution in [0.3, 0.4) is 0 Å². The molecule has 1 fully saturated rings. The molecule has 3 rings (SSSR count). The Hall–Kier alpha value is -3.02. The minimum atomic E-state index is -0.299. The molecule has 0 atom stereocenters. The zero-order valence-electron chi connectivity index (χ0n) is 16.6. The number of carbonyl (C=O) groups is 2. The van der Waals surface area contributed by atoms with Gasteiger partial charge in [0.2, 0.25) is 0 Å². The van der Waals surface area contributed by atoms with Crippen molar-refractivity contribution in [2.75, 3.05) is 25.1 Å². The average Bonchev–Trinajstić information content (AvgIpc) is 2.77. The van der Waals surface area contributed by atoms with Gasteiger partial charge in [0.25, 0.3) is 11.8 Å². The molecule has 0 aromatic heterocycles. The summed E-state index contributed by atoms with van der Waals surface area (Å²) < 4.78 is 11.1. The van der Waals surface area contributed by atoms with Crippen LogP contribution in [0.1, 0.15) is 32.1 Å². The van der Waals surface area contributed by atoms with Crippen molar-refractivity contribution in [2.24, 2.45) is 5.92 Å². The van der Waals surface area contributed by atoms with Gasteiger partial charge in [-0.25, -0.2) is 0 Å². The highest BCUT2D eigenvalue weighted by Gasteiger charge is 2.15. The predicted molar refractivity (Wildman–Crippen MR) is 112 cm³/mol. The number of anilines is 1. The minimum Gasteiger partial charge on any atom is -0.484 e. The highest BCUT2D eigenvalue weighted by atomic mass is 16.5. The van der Waals surface area contributed by atoms with Gasteiger partial charge in [0.15, 0.2) is 13.2 Å². The average molecular weight is 396 g/mol. The van der Waals surface area contributed by atoms with E-state index in [1.807, 2.05) is 18.2 Å². The SMILES string of the molecule is O=C(COc1ccccc1NC(=O)COc1ccccc1)NCC1CCCCC1. The molecule has 0 bridgehead atoms. The van der Waals surface area contributed by atoms with E-state index >= 15 is 0 Å². The van der Waals surface area contributed by atoms with Crippen LogP contribution in [0.2, 0.25) is 0 Å². The van der Waals surface area contributed by atoms with Crippen LogP contribution in [0, 0.1) is 5.92 Å². The second-order valence-electron chi connectivity index (χ2n) is 7.24. The van der Waals surface area contributed by atoms with Gasteiger partial charge in [0, 0.05) is 6.54 Å². The van der Waals surface area contributed by atoms with Gasteiger partial charge in [-0.15, -0.1) is 0 Å². The highest BCUT2D eigenvalue weighted by Crippen LogP contribution is 2.24. The van der Waals surface area contributed by atoms with Gasteiger partial charge in [-0.1, -0.05) is 49.6 Å². The van der Waals surface area contributed by atoms with Gasteiger partial charge in [-0.05, 0) is 43.0 Å². The lowest BCUT2D eigenvalue weighted by atomic mass is 9.89. The Bertz CT molecular complexity index is 788. The number of hydrogen-bond acceptors (Lipinski definition) is 4. The first-order chi connectivity index (χ1) is 14.2. The number of para-hydroxylation sites is 3. The number of nitrogens with one attached hydrogen (secondary N) is 2. The van der Waals surface area contributed by atoms with Crippen LogP contribution >= 0.6 is 0 Å². The number of ether oxygens (including phenoxy) is 2. The monoisotopic (exact) mass is 396 g/mol. The van der Waals surface area contributed by atoms with Crippen molar-refractivity contribution in [1.82, 2.24) is 5.32 Å². The van der Waals surface area contributed by atoms with Crippen molar-refractivity contribution < 1.29 is 19.1 Å². The number of hydrogen-bond donors (Lipinski definition) is 2. The zero-order chi connectivity index (χ0) is 20.3. The fraction of sp³-hybridized carbons (Fsp3) is 0.391. The van der Waals surface area contributed by atoms with Crippen molar-refractivity contribution >= 4 is 17.5 Å². The number of amides is 2. The molecular weight excluding hydrogens is 368 g/mol. The molecular formula is C23H28N2O4. The lowest BCUT2D eigenvalue weighted by Crippen LogP contribution is -2.33. The van der Waals surface area contributed by atoms with Crippen LogP contribution in [0.5, 0.6) is 11.5 Å². The molecule has 1 aliphatic carbocycles. The Morgan fingerprint density at radius 3 is 2.31 bits per heavy atom. The smallest absolute Gasteiger partial charge is 0.262 e. The fourth-order valence-corrected chi connectivity index (χ4v) is 3.39. The van der Waals surface area contributed by atoms with Gasteiger partial charge in [-0.2, -0.15) is 0 Å². The van der Waals surface area contributed by atoms with Crippen LogP contribution in [0.15, 0.2) is 54.6 Å². The normalized spacial score (nSPS) is 14.1. The fourth-order valence-electron chi connectivity index (χ4n) is 3.39. The molecule has 2 aromatic carbocycles. The summed E-state index contributed by atoms with van der Waals surface area (Å²) in [5, 5.41) is 5.72. The third-order valence-electron chi connectivity index (χ3n) is 4.95. The number of carbonyl (C=O) groups excluding carboxylic acids is 2. The molecule has 1 aliphatic rings. The molecule has 1 saturated carbocycles. The van der Waals surface area contributed by atoms with Crippen LogP contribution in [-0.2, 0) is 9.59 Å². The molecule has 0 saturated heterocycles. The summed E-state index contributed by atoms with van der Waals surface area (Å²) >= 11 is 0. The number of rotatable bonds is 9. The summed E-state index contributed by atoms with van der Waals surface area (Å²) in [4.78, 5) is 24.3. The van der Waals surface area contributed by atoms with Crippen LogP contribution < -0.4 is 20.1 Å². The maximum Gasteiger partial charge on any atom is 0.262 e. The van der Waals surface area contributed by atoms with E-state index in [4.69, 9.17) is 9.47 Å².